The third kappa shape index (κ3) is 17.8. The van der Waals surface area contributed by atoms with Crippen LogP contribution in [0.2, 0.25) is 0 Å². The first-order valence-electron chi connectivity index (χ1n) is 35.2. The number of carbonyl (C=O) groups excluding carboxylic acids is 2. The topological polar surface area (TPSA) is 488 Å². The number of carboxylic acid groups (broad SMARTS) is 2. The summed E-state index contributed by atoms with van der Waals surface area (Å²) in [5.74, 6) is -7.15. The molecule has 10 aliphatic rings. The summed E-state index contributed by atoms with van der Waals surface area (Å²) in [6.07, 6.45) is -13.2. The zero-order chi connectivity index (χ0) is 76.8. The first-order valence-corrected chi connectivity index (χ1v) is 40.9. The molecule has 11 rings (SSSR count). The van der Waals surface area contributed by atoms with Crippen LogP contribution in [-0.2, 0) is 114 Å². The predicted octanol–water partition coefficient (Wildman–Crippen LogP) is 5.09. The van der Waals surface area contributed by atoms with E-state index in [-0.39, 0.29) is 114 Å². The van der Waals surface area contributed by atoms with E-state index in [9.17, 15) is 89.6 Å². The molecule has 0 aromatic heterocycles. The largest absolute Gasteiger partial charge is 0.691 e. The quantitative estimate of drug-likeness (QED) is 0.00839. The van der Waals surface area contributed by atoms with Crippen molar-refractivity contribution < 1.29 is 153 Å². The molecule has 0 amide bonds. The van der Waals surface area contributed by atoms with Crippen molar-refractivity contribution in [3.05, 3.63) is 54.1 Å². The fourth-order valence-electron chi connectivity index (χ4n) is 20.6. The van der Waals surface area contributed by atoms with Gasteiger partial charge in [0, 0.05) is 23.7 Å². The van der Waals surface area contributed by atoms with Crippen LogP contribution in [0.4, 0.5) is 0 Å². The highest BCUT2D eigenvalue weighted by atomic mass is 32.3. The van der Waals surface area contributed by atoms with Crippen LogP contribution < -0.4 is 10.5 Å². The molecule has 2 heterocycles. The zero-order valence-corrected chi connectivity index (χ0v) is 63.2. The number of esters is 2. The third-order valence-electron chi connectivity index (χ3n) is 24.5. The molecule has 8 saturated carbocycles. The molecular formula is C67H96O33S5-2. The van der Waals surface area contributed by atoms with Gasteiger partial charge in [0.1, 0.15) is 30.5 Å². The Kier molecular flexibility index (Phi) is 26.6. The summed E-state index contributed by atoms with van der Waals surface area (Å²) < 4.78 is 162. The molecule has 1 aromatic carbocycles. The minimum absolute atomic E-state index is 0.00271. The van der Waals surface area contributed by atoms with E-state index < -0.39 is 181 Å². The van der Waals surface area contributed by atoms with Crippen molar-refractivity contribution >= 4 is 79.2 Å². The molecule has 33 nitrogen and oxygen atoms in total. The average Bonchev–Trinajstić information content (AvgIpc) is 1.63. The highest BCUT2D eigenvalue weighted by Gasteiger charge is 2.70. The zero-order valence-electron chi connectivity index (χ0n) is 59.1. The smallest absolute Gasteiger partial charge is 0.397 e. The lowest BCUT2D eigenvalue weighted by Gasteiger charge is -2.62. The molecule has 594 valence electrons. The number of hydrogen-bond donors (Lipinski definition) is 7. The monoisotopic (exact) mass is 1590 g/mol. The minimum Gasteiger partial charge on any atom is -0.691 e. The molecule has 7 N–H and O–H groups in total. The molecular weight excluding hydrogens is 1490 g/mol. The van der Waals surface area contributed by atoms with Gasteiger partial charge in [0.05, 0.1) is 53.5 Å². The molecule has 10 fully saturated rings. The van der Waals surface area contributed by atoms with Crippen LogP contribution in [0.3, 0.4) is 0 Å². The number of rotatable bonds is 28. The highest BCUT2D eigenvalue weighted by Crippen LogP contribution is 2.73. The normalized spacial score (nSPS) is 40.2. The van der Waals surface area contributed by atoms with Gasteiger partial charge in [-0.1, -0.05) is 72.4 Å². The molecule has 1 aromatic rings. The van der Waals surface area contributed by atoms with E-state index in [2.05, 4.69) is 38.8 Å². The second-order valence-electron chi connectivity index (χ2n) is 31.5. The summed E-state index contributed by atoms with van der Waals surface area (Å²) in [6, 6.07) is 5.54. The van der Waals surface area contributed by atoms with Crippen molar-refractivity contribution in [1.29, 1.82) is 0 Å². The van der Waals surface area contributed by atoms with Crippen LogP contribution in [-0.4, -0.2) is 182 Å². The second-order valence-corrected chi connectivity index (χ2v) is 36.6. The Labute approximate surface area is 618 Å². The van der Waals surface area contributed by atoms with Crippen molar-refractivity contribution in [1.82, 2.24) is 0 Å². The Morgan fingerprint density at radius 1 is 0.600 bits per heavy atom. The molecule has 105 heavy (non-hydrogen) atoms. The standard InChI is InChI=1S/C37H52O17S3.C30H46O16S2/c1-19(2)14-29(38)52-32-31(54-57(47,48)49)30(53-56(44,45)46)27(18-55(42,43)24-9-6-20(3)7-10-24)51-35(32)50-23-15-25(34(40)41)26-12-13-37-16-22(21(4)33(37)39)8-11-28(37)36(26,5)17-23;1-14(2)9-22(32)40-25-24(42-48-46-44-37)23(41-47-45-43-36)20(13-31)39-28(25)38-17-10-18(27(34)35)19-7-8-30-11-16(15(3)26(30)33)5-6-21(30)29(19,4)12-17/h6-7,9-10,19,22-23,25-28,30-33,35,39H,4,8,11-18H2,1-3,5H3,(H,40,41)(H,44,45,46)(H,47,48,49);14,16-21,23-26,28,31,33,36-37H,3,5-13H2,1-2,4H3,(H,34,35)/p-2/t22?,23?,25?,26?,27-,28?,30+,31-,32?,33-,35+,36?,37?;16?,17?,18?,19?,20-,21?,23+,24-,25?,26-,28+,29?,30?/m00/s1. The Bertz CT molecular complexity index is 3640. The van der Waals surface area contributed by atoms with E-state index in [1.54, 1.807) is 20.8 Å². The van der Waals surface area contributed by atoms with E-state index in [4.69, 9.17) is 45.2 Å². The Hall–Kier alpha value is -3.63. The number of fused-ring (bicyclic) bond motifs is 6. The van der Waals surface area contributed by atoms with Gasteiger partial charge in [-0.15, -0.1) is 8.67 Å². The molecule has 26 atom stereocenters. The molecule has 0 radical (unpaired) electrons. The van der Waals surface area contributed by atoms with Crippen LogP contribution in [0.5, 0.6) is 0 Å². The maximum absolute atomic E-state index is 13.8. The predicted molar refractivity (Wildman–Crippen MR) is 357 cm³/mol. The minimum atomic E-state index is -5.58. The number of sulfone groups is 1. The Morgan fingerprint density at radius 2 is 1.02 bits per heavy atom. The first-order chi connectivity index (χ1) is 49.2. The SMILES string of the molecule is C=C1C2CCC3C4(C)CC(O[C@@H]5O[C@@H](CO)[C@@H](OSOO[O-])[C@H](OSOO[O-])C5OC(=O)CC(C)C)CC(C(=O)O)C4CCC3(C2)[C@H]1O.C=C1C2CCC3C4(C)CC(O[C@@H]5O[C@@H](CS(=O)(=O)c6ccc(C)cc6)[C@@H](OS(=O)(=O)O)[C@H](OS(=O)(=O)O)C5OC(=O)CC(C)C)CC(C(=O)O)C4CCC3(C2)[C@H]1O. The summed E-state index contributed by atoms with van der Waals surface area (Å²) in [7, 11) is -15.6. The van der Waals surface area contributed by atoms with Gasteiger partial charge in [-0.05, 0) is 178 Å². The summed E-state index contributed by atoms with van der Waals surface area (Å²) in [4.78, 5) is 51.8. The molecule has 38 heteroatoms. The van der Waals surface area contributed by atoms with E-state index in [0.29, 0.717) is 44.1 Å². The lowest BCUT2D eigenvalue weighted by Crippen LogP contribution is -2.64. The van der Waals surface area contributed by atoms with Gasteiger partial charge in [0.25, 0.3) is 0 Å². The van der Waals surface area contributed by atoms with Gasteiger partial charge in [0.2, 0.25) is 0 Å². The van der Waals surface area contributed by atoms with Gasteiger partial charge in [0.15, 0.2) is 65.4 Å². The molecule has 2 aliphatic heterocycles. The molecule has 8 aliphatic carbocycles. The number of ether oxygens (including phenoxy) is 6. The number of aliphatic hydroxyl groups is 3. The van der Waals surface area contributed by atoms with Gasteiger partial charge in [-0.25, -0.2) is 16.8 Å². The van der Waals surface area contributed by atoms with Crippen molar-refractivity contribution in [3.63, 3.8) is 0 Å². The Morgan fingerprint density at radius 3 is 1.43 bits per heavy atom. The van der Waals surface area contributed by atoms with Crippen LogP contribution in [0, 0.1) is 87.8 Å². The summed E-state index contributed by atoms with van der Waals surface area (Å²) in [5.41, 5.74) is 0.171. The average molecular weight is 1590 g/mol. The van der Waals surface area contributed by atoms with E-state index in [0.717, 1.165) is 43.3 Å². The van der Waals surface area contributed by atoms with E-state index in [1.165, 1.54) is 24.3 Å². The molecule has 2 saturated heterocycles. The number of hydrogen-bond acceptors (Lipinski definition) is 31. The molecule has 4 bridgehead atoms. The number of benzene rings is 1. The van der Waals surface area contributed by atoms with Crippen LogP contribution in [0.1, 0.15) is 150 Å². The summed E-state index contributed by atoms with van der Waals surface area (Å²) in [5, 5.41) is 82.0. The van der Waals surface area contributed by atoms with Gasteiger partial charge in [-0.3, -0.25) is 46.7 Å². The molecule has 16 unspecified atom stereocenters. The number of carboxylic acids is 2. The van der Waals surface area contributed by atoms with Crippen LogP contribution in [0.25, 0.3) is 0 Å². The first kappa shape index (κ1) is 83.8. The van der Waals surface area contributed by atoms with Crippen molar-refractivity contribution in [3.8, 4) is 0 Å². The fraction of sp³-hybridized carbons (Fsp3) is 0.791. The van der Waals surface area contributed by atoms with E-state index in [1.807, 2.05) is 20.8 Å². The van der Waals surface area contributed by atoms with Gasteiger partial charge >= 0.3 is 44.7 Å². The lowest BCUT2D eigenvalue weighted by molar-refractivity contribution is -0.778. The van der Waals surface area contributed by atoms with Crippen LogP contribution >= 0.6 is 24.6 Å². The fourth-order valence-corrected chi connectivity index (χ4v) is 23.8. The summed E-state index contributed by atoms with van der Waals surface area (Å²) in [6.45, 7) is 20.5. The van der Waals surface area contributed by atoms with Crippen molar-refractivity contribution in [2.45, 2.75) is 242 Å². The van der Waals surface area contributed by atoms with E-state index >= 15 is 0 Å². The number of aliphatic carboxylic acids is 2. The number of aryl methyl sites for hydroxylation is 1. The van der Waals surface area contributed by atoms with Crippen molar-refractivity contribution in [2.75, 3.05) is 12.4 Å². The lowest BCUT2D eigenvalue weighted by atomic mass is 9.43. The Balaban J connectivity index is 0.000000228. The number of aliphatic hydroxyl groups excluding tert-OH is 3. The summed E-state index contributed by atoms with van der Waals surface area (Å²) >= 11 is 0.195. The third-order valence-corrected chi connectivity index (χ3v) is 28.0. The number of carbonyl (C=O) groups is 4. The van der Waals surface area contributed by atoms with Gasteiger partial charge in [-0.2, -0.15) is 16.8 Å². The second kappa shape index (κ2) is 33.4. The molecule has 2 spiro atoms. The highest BCUT2D eigenvalue weighted by molar-refractivity contribution is 7.91. The maximum Gasteiger partial charge on any atom is 0.397 e. The van der Waals surface area contributed by atoms with Crippen LogP contribution in [0.15, 0.2) is 53.5 Å². The van der Waals surface area contributed by atoms with Crippen molar-refractivity contribution in [2.24, 2.45) is 80.8 Å². The van der Waals surface area contributed by atoms with Gasteiger partial charge < -0.3 is 64.5 Å². The maximum atomic E-state index is 13.8.